The number of anilines is 1. The third-order valence-corrected chi connectivity index (χ3v) is 4.32. The average molecular weight is 443 g/mol. The standard InChI is InChI=1S/C22H20F3N5O2/c1-3-14(16-6-9-20-29-19(28-13(2)31)12-30(20)11-16)10-18(21(26)27)15-4-7-17(8-5-15)32-22(23,24)25/h3-12H,1,26-27H2,2H3,(H,28,31)/b14-10+. The average Bonchev–Trinajstić information content (AvgIpc) is 3.09. The summed E-state index contributed by atoms with van der Waals surface area (Å²) in [6.45, 7) is 5.21. The molecule has 0 bridgehead atoms. The molecule has 0 fully saturated rings. The number of nitrogens with one attached hydrogen (secondary N) is 1. The number of alkyl halides is 3. The Hall–Kier alpha value is -4.21. The van der Waals surface area contributed by atoms with Gasteiger partial charge in [0.2, 0.25) is 5.91 Å². The van der Waals surface area contributed by atoms with Gasteiger partial charge in [-0.25, -0.2) is 4.98 Å². The lowest BCUT2D eigenvalue weighted by atomic mass is 9.99. The van der Waals surface area contributed by atoms with Gasteiger partial charge in [0.25, 0.3) is 0 Å². The number of rotatable bonds is 6. The van der Waals surface area contributed by atoms with E-state index in [-0.39, 0.29) is 17.5 Å². The van der Waals surface area contributed by atoms with E-state index >= 15 is 0 Å². The monoisotopic (exact) mass is 443 g/mol. The molecule has 0 aliphatic heterocycles. The quantitative estimate of drug-likeness (QED) is 0.498. The van der Waals surface area contributed by atoms with Crippen LogP contribution in [-0.2, 0) is 4.79 Å². The van der Waals surface area contributed by atoms with Gasteiger partial charge in [-0.1, -0.05) is 24.8 Å². The van der Waals surface area contributed by atoms with Gasteiger partial charge in [0.05, 0.1) is 6.20 Å². The van der Waals surface area contributed by atoms with Crippen molar-refractivity contribution in [3.8, 4) is 5.75 Å². The molecule has 3 aromatic rings. The van der Waals surface area contributed by atoms with Crippen LogP contribution in [0.1, 0.15) is 18.1 Å². The second kappa shape index (κ2) is 8.88. The van der Waals surface area contributed by atoms with Gasteiger partial charge in [0.1, 0.15) is 17.2 Å². The van der Waals surface area contributed by atoms with Crippen LogP contribution in [0.15, 0.2) is 73.3 Å². The maximum Gasteiger partial charge on any atom is 0.573 e. The van der Waals surface area contributed by atoms with Crippen LogP contribution < -0.4 is 21.5 Å². The SMILES string of the molecule is C=C/C(=C\C(=C(N)N)c1ccc(OC(F)(F)F)cc1)c1ccc2nc(NC(C)=O)cn2c1. The van der Waals surface area contributed by atoms with Crippen LogP contribution in [0.25, 0.3) is 16.8 Å². The second-order valence-electron chi connectivity index (χ2n) is 6.74. The number of hydrogen-bond donors (Lipinski definition) is 3. The third-order valence-electron chi connectivity index (χ3n) is 4.32. The van der Waals surface area contributed by atoms with E-state index in [1.807, 2.05) is 0 Å². The summed E-state index contributed by atoms with van der Waals surface area (Å²) >= 11 is 0. The number of aromatic nitrogens is 2. The normalized spacial score (nSPS) is 11.8. The Morgan fingerprint density at radius 3 is 2.34 bits per heavy atom. The highest BCUT2D eigenvalue weighted by Crippen LogP contribution is 2.28. The number of ether oxygens (including phenoxy) is 1. The predicted molar refractivity (Wildman–Crippen MR) is 116 cm³/mol. The minimum atomic E-state index is -4.78. The summed E-state index contributed by atoms with van der Waals surface area (Å²) in [4.78, 5) is 15.5. The zero-order valence-corrected chi connectivity index (χ0v) is 17.0. The zero-order valence-electron chi connectivity index (χ0n) is 17.0. The number of hydrogen-bond acceptors (Lipinski definition) is 5. The van der Waals surface area contributed by atoms with E-state index in [9.17, 15) is 18.0 Å². The number of pyridine rings is 1. The molecule has 3 rings (SSSR count). The minimum absolute atomic E-state index is 0.0227. The first-order valence-corrected chi connectivity index (χ1v) is 9.28. The number of fused-ring (bicyclic) bond motifs is 1. The van der Waals surface area contributed by atoms with Gasteiger partial charge in [-0.05, 0) is 47.0 Å². The van der Waals surface area contributed by atoms with Crippen LogP contribution in [0, 0.1) is 0 Å². The van der Waals surface area contributed by atoms with Gasteiger partial charge in [0, 0.05) is 18.7 Å². The Labute approximate surface area is 181 Å². The Bertz CT molecular complexity index is 1220. The van der Waals surface area contributed by atoms with E-state index in [1.54, 1.807) is 41.1 Å². The Balaban J connectivity index is 1.96. The number of nitrogens with two attached hydrogens (primary N) is 2. The van der Waals surface area contributed by atoms with Gasteiger partial charge in [-0.3, -0.25) is 4.79 Å². The molecule has 32 heavy (non-hydrogen) atoms. The van der Waals surface area contributed by atoms with Crippen LogP contribution in [0.5, 0.6) is 5.75 Å². The van der Waals surface area contributed by atoms with Crippen LogP contribution >= 0.6 is 0 Å². The second-order valence-corrected chi connectivity index (χ2v) is 6.74. The van der Waals surface area contributed by atoms with Crippen molar-refractivity contribution < 1.29 is 22.7 Å². The van der Waals surface area contributed by atoms with Crippen molar-refractivity contribution in [1.29, 1.82) is 0 Å². The number of carbonyl (C=O) groups excluding carboxylic acids is 1. The fourth-order valence-corrected chi connectivity index (χ4v) is 2.99. The van der Waals surface area contributed by atoms with E-state index in [4.69, 9.17) is 11.5 Å². The number of allylic oxidation sites excluding steroid dienone is 4. The highest BCUT2D eigenvalue weighted by atomic mass is 19.4. The molecule has 0 radical (unpaired) electrons. The highest BCUT2D eigenvalue weighted by molar-refractivity contribution is 5.89. The number of carbonyl (C=O) groups is 1. The maximum absolute atomic E-state index is 12.4. The summed E-state index contributed by atoms with van der Waals surface area (Å²) in [6, 6.07) is 8.76. The van der Waals surface area contributed by atoms with Crippen LogP contribution in [0.4, 0.5) is 19.0 Å². The van der Waals surface area contributed by atoms with Crippen molar-refractivity contribution >= 4 is 28.5 Å². The van der Waals surface area contributed by atoms with E-state index in [0.717, 1.165) is 5.56 Å². The first-order valence-electron chi connectivity index (χ1n) is 9.28. The van der Waals surface area contributed by atoms with Crippen LogP contribution in [0.2, 0.25) is 0 Å². The number of amides is 1. The predicted octanol–water partition coefficient (Wildman–Crippen LogP) is 4.05. The molecule has 5 N–H and O–H groups in total. The summed E-state index contributed by atoms with van der Waals surface area (Å²) in [5.41, 5.74) is 14.6. The van der Waals surface area contributed by atoms with E-state index < -0.39 is 6.36 Å². The van der Waals surface area contributed by atoms with E-state index in [0.29, 0.717) is 28.2 Å². The Morgan fingerprint density at radius 1 is 1.12 bits per heavy atom. The number of imidazole rings is 1. The summed E-state index contributed by atoms with van der Waals surface area (Å²) in [5.74, 6) is -0.206. The summed E-state index contributed by atoms with van der Waals surface area (Å²) in [6.07, 6.45) is 1.93. The molecule has 0 atom stereocenters. The van der Waals surface area contributed by atoms with Gasteiger partial charge in [-0.2, -0.15) is 0 Å². The zero-order chi connectivity index (χ0) is 23.5. The number of benzene rings is 1. The fraction of sp³-hybridized carbons (Fsp3) is 0.0909. The number of halogens is 3. The third kappa shape index (κ3) is 5.48. The molecule has 0 aliphatic carbocycles. The lowest BCUT2D eigenvalue weighted by Gasteiger charge is -2.11. The molecule has 166 valence electrons. The first-order chi connectivity index (χ1) is 15.1. The molecule has 10 heteroatoms. The molecule has 0 saturated carbocycles. The summed E-state index contributed by atoms with van der Waals surface area (Å²) in [7, 11) is 0. The molecule has 0 unspecified atom stereocenters. The van der Waals surface area contributed by atoms with Gasteiger partial charge < -0.3 is 25.9 Å². The topological polar surface area (TPSA) is 108 Å². The van der Waals surface area contributed by atoms with Crippen molar-refractivity contribution in [2.75, 3.05) is 5.32 Å². The van der Waals surface area contributed by atoms with Gasteiger partial charge >= 0.3 is 6.36 Å². The highest BCUT2D eigenvalue weighted by Gasteiger charge is 2.31. The number of nitrogens with zero attached hydrogens (tertiary/aromatic N) is 2. The van der Waals surface area contributed by atoms with Gasteiger partial charge in [-0.15, -0.1) is 13.2 Å². The molecule has 7 nitrogen and oxygen atoms in total. The van der Waals surface area contributed by atoms with Crippen LogP contribution in [-0.4, -0.2) is 21.7 Å². The smallest absolute Gasteiger partial charge is 0.406 e. The largest absolute Gasteiger partial charge is 0.573 e. The van der Waals surface area contributed by atoms with Crippen molar-refractivity contribution in [2.24, 2.45) is 11.5 Å². The lowest BCUT2D eigenvalue weighted by Crippen LogP contribution is -2.17. The molecule has 1 aromatic carbocycles. The Morgan fingerprint density at radius 2 is 1.78 bits per heavy atom. The lowest BCUT2D eigenvalue weighted by molar-refractivity contribution is -0.274. The fourth-order valence-electron chi connectivity index (χ4n) is 2.99. The maximum atomic E-state index is 12.4. The van der Waals surface area contributed by atoms with E-state index in [2.05, 4.69) is 21.6 Å². The minimum Gasteiger partial charge on any atom is -0.406 e. The van der Waals surface area contributed by atoms with Crippen molar-refractivity contribution in [3.63, 3.8) is 0 Å². The molecule has 2 heterocycles. The van der Waals surface area contributed by atoms with Crippen LogP contribution in [0.3, 0.4) is 0 Å². The Kier molecular flexibility index (Phi) is 6.24. The van der Waals surface area contributed by atoms with Crippen molar-refractivity contribution in [3.05, 3.63) is 84.5 Å². The summed E-state index contributed by atoms with van der Waals surface area (Å²) in [5, 5.41) is 2.62. The van der Waals surface area contributed by atoms with Crippen molar-refractivity contribution in [1.82, 2.24) is 9.38 Å². The molecule has 0 saturated heterocycles. The molecular weight excluding hydrogens is 423 g/mol. The van der Waals surface area contributed by atoms with Gasteiger partial charge in [0.15, 0.2) is 5.82 Å². The van der Waals surface area contributed by atoms with Crippen molar-refractivity contribution in [2.45, 2.75) is 13.3 Å². The van der Waals surface area contributed by atoms with E-state index in [1.165, 1.54) is 31.2 Å². The molecule has 2 aromatic heterocycles. The first kappa shape index (κ1) is 22.5. The molecule has 1 amide bonds. The molecule has 0 aliphatic rings. The summed E-state index contributed by atoms with van der Waals surface area (Å²) < 4.78 is 42.8. The molecule has 0 spiro atoms. The molecular formula is C22H20F3N5O2.